The minimum atomic E-state index is -0.233. The fraction of sp³-hybridized carbons (Fsp3) is 0. The first-order chi connectivity index (χ1) is 11.8. The number of aromatic amines is 1. The third-order valence-corrected chi connectivity index (χ3v) is 4.03. The van der Waals surface area contributed by atoms with Crippen molar-refractivity contribution < 1.29 is 4.39 Å². The van der Waals surface area contributed by atoms with E-state index in [2.05, 4.69) is 28.2 Å². The van der Waals surface area contributed by atoms with Gasteiger partial charge in [-0.2, -0.15) is 0 Å². The maximum atomic E-state index is 13.2. The van der Waals surface area contributed by atoms with Gasteiger partial charge in [0.25, 0.3) is 0 Å². The average molecular weight is 314 g/mol. The van der Waals surface area contributed by atoms with Gasteiger partial charge in [-0.15, -0.1) is 0 Å². The summed E-state index contributed by atoms with van der Waals surface area (Å²) in [6.45, 7) is 0. The van der Waals surface area contributed by atoms with Crippen LogP contribution in [0.5, 0.6) is 0 Å². The van der Waals surface area contributed by atoms with Crippen molar-refractivity contribution in [3.05, 3.63) is 91.0 Å². The maximum Gasteiger partial charge on any atom is 0.123 e. The van der Waals surface area contributed by atoms with Crippen LogP contribution in [0.3, 0.4) is 0 Å². The van der Waals surface area contributed by atoms with E-state index in [0.717, 1.165) is 33.6 Å². The van der Waals surface area contributed by atoms with Crippen molar-refractivity contribution in [2.24, 2.45) is 0 Å². The van der Waals surface area contributed by atoms with Gasteiger partial charge in [0.05, 0.1) is 5.69 Å². The molecule has 0 aliphatic heterocycles. The van der Waals surface area contributed by atoms with E-state index in [-0.39, 0.29) is 5.82 Å². The summed E-state index contributed by atoms with van der Waals surface area (Å²) >= 11 is 0. The van der Waals surface area contributed by atoms with Crippen LogP contribution in [0.2, 0.25) is 0 Å². The minimum Gasteiger partial charge on any atom is -0.354 e. The van der Waals surface area contributed by atoms with Gasteiger partial charge in [0.1, 0.15) is 5.82 Å². The topological polar surface area (TPSA) is 28.7 Å². The van der Waals surface area contributed by atoms with E-state index in [1.54, 1.807) is 24.5 Å². The van der Waals surface area contributed by atoms with Crippen LogP contribution < -0.4 is 0 Å². The highest BCUT2D eigenvalue weighted by Gasteiger charge is 2.13. The lowest BCUT2D eigenvalue weighted by Gasteiger charge is -2.04. The fourth-order valence-electron chi connectivity index (χ4n) is 2.83. The van der Waals surface area contributed by atoms with Crippen LogP contribution in [-0.4, -0.2) is 9.97 Å². The fourth-order valence-corrected chi connectivity index (χ4v) is 2.83. The molecule has 1 N–H and O–H groups in total. The number of aromatic nitrogens is 2. The Labute approximate surface area is 139 Å². The maximum absolute atomic E-state index is 13.2. The molecule has 2 nitrogen and oxygen atoms in total. The van der Waals surface area contributed by atoms with Crippen LogP contribution in [0.1, 0.15) is 0 Å². The van der Waals surface area contributed by atoms with Gasteiger partial charge in [0, 0.05) is 23.7 Å². The summed E-state index contributed by atoms with van der Waals surface area (Å²) in [5.41, 5.74) is 6.25. The Bertz CT molecular complexity index is 885. The highest BCUT2D eigenvalue weighted by atomic mass is 19.1. The molecule has 3 heteroatoms. The van der Waals surface area contributed by atoms with Crippen LogP contribution in [-0.2, 0) is 0 Å². The standard InChI is InChI=1S/C21H15FN2/c22-18-8-6-16(7-9-18)20-14-19(15-10-12-23-13-11-15)21(24-20)17-4-2-1-3-5-17/h1-14,24H. The van der Waals surface area contributed by atoms with Crippen LogP contribution >= 0.6 is 0 Å². The van der Waals surface area contributed by atoms with Crippen molar-refractivity contribution in [1.82, 2.24) is 9.97 Å². The third-order valence-electron chi connectivity index (χ3n) is 4.03. The summed E-state index contributed by atoms with van der Waals surface area (Å²) in [6, 6.07) is 22.8. The lowest BCUT2D eigenvalue weighted by molar-refractivity contribution is 0.628. The smallest absolute Gasteiger partial charge is 0.123 e. The molecule has 0 saturated heterocycles. The van der Waals surface area contributed by atoms with Crippen LogP contribution in [0.25, 0.3) is 33.6 Å². The molecule has 2 heterocycles. The van der Waals surface area contributed by atoms with Gasteiger partial charge in [-0.05, 0) is 59.2 Å². The minimum absolute atomic E-state index is 0.233. The molecule has 0 fully saturated rings. The van der Waals surface area contributed by atoms with Crippen molar-refractivity contribution in [1.29, 1.82) is 0 Å². The Morgan fingerprint density at radius 1 is 0.708 bits per heavy atom. The van der Waals surface area contributed by atoms with E-state index in [1.807, 2.05) is 30.3 Å². The summed E-state index contributed by atoms with van der Waals surface area (Å²) in [5, 5.41) is 0. The van der Waals surface area contributed by atoms with Gasteiger partial charge in [-0.25, -0.2) is 4.39 Å². The van der Waals surface area contributed by atoms with Gasteiger partial charge < -0.3 is 4.98 Å². The molecule has 4 rings (SSSR count). The number of rotatable bonds is 3. The average Bonchev–Trinajstić information content (AvgIpc) is 3.09. The highest BCUT2D eigenvalue weighted by molar-refractivity contribution is 5.85. The van der Waals surface area contributed by atoms with E-state index >= 15 is 0 Å². The highest BCUT2D eigenvalue weighted by Crippen LogP contribution is 2.35. The van der Waals surface area contributed by atoms with Crippen molar-refractivity contribution in [2.45, 2.75) is 0 Å². The SMILES string of the molecule is Fc1ccc(-c2cc(-c3ccncc3)c(-c3ccccc3)[nH]2)cc1. The predicted octanol–water partition coefficient (Wildman–Crippen LogP) is 5.55. The van der Waals surface area contributed by atoms with Gasteiger partial charge in [-0.1, -0.05) is 30.3 Å². The second-order valence-corrected chi connectivity index (χ2v) is 5.58. The zero-order chi connectivity index (χ0) is 16.4. The van der Waals surface area contributed by atoms with Crippen LogP contribution in [0, 0.1) is 5.82 Å². The van der Waals surface area contributed by atoms with Crippen molar-refractivity contribution in [3.63, 3.8) is 0 Å². The van der Waals surface area contributed by atoms with Crippen LogP contribution in [0.15, 0.2) is 85.2 Å². The molecule has 116 valence electrons. The third kappa shape index (κ3) is 2.72. The van der Waals surface area contributed by atoms with E-state index in [9.17, 15) is 4.39 Å². The number of H-pyrrole nitrogens is 1. The van der Waals surface area contributed by atoms with Crippen molar-refractivity contribution >= 4 is 0 Å². The summed E-state index contributed by atoms with van der Waals surface area (Å²) in [7, 11) is 0. The normalized spacial score (nSPS) is 10.7. The van der Waals surface area contributed by atoms with E-state index in [1.165, 1.54) is 12.1 Å². The number of benzene rings is 2. The molecule has 0 atom stereocenters. The second kappa shape index (κ2) is 6.13. The lowest BCUT2D eigenvalue weighted by atomic mass is 10.0. The van der Waals surface area contributed by atoms with E-state index < -0.39 is 0 Å². The summed E-state index contributed by atoms with van der Waals surface area (Å²) in [6.07, 6.45) is 3.57. The molecule has 2 aromatic heterocycles. The molecule has 0 bridgehead atoms. The van der Waals surface area contributed by atoms with Gasteiger partial charge in [0.2, 0.25) is 0 Å². The number of hydrogen-bond acceptors (Lipinski definition) is 1. The first kappa shape index (κ1) is 14.4. The van der Waals surface area contributed by atoms with E-state index in [0.29, 0.717) is 0 Å². The largest absolute Gasteiger partial charge is 0.354 e. The molecule has 0 spiro atoms. The number of nitrogens with zero attached hydrogens (tertiary/aromatic N) is 1. The number of halogens is 1. The number of hydrogen-bond donors (Lipinski definition) is 1. The molecule has 0 aliphatic rings. The molecule has 24 heavy (non-hydrogen) atoms. The van der Waals surface area contributed by atoms with Crippen molar-refractivity contribution in [2.75, 3.05) is 0 Å². The zero-order valence-corrected chi connectivity index (χ0v) is 12.9. The monoisotopic (exact) mass is 314 g/mol. The number of pyridine rings is 1. The number of nitrogens with one attached hydrogen (secondary N) is 1. The Balaban J connectivity index is 1.89. The molecule has 0 amide bonds. The zero-order valence-electron chi connectivity index (χ0n) is 12.9. The molecule has 0 unspecified atom stereocenters. The first-order valence-electron chi connectivity index (χ1n) is 7.76. The molecular formula is C21H15FN2. The molecule has 0 aliphatic carbocycles. The van der Waals surface area contributed by atoms with E-state index in [4.69, 9.17) is 0 Å². The Kier molecular flexibility index (Phi) is 3.67. The second-order valence-electron chi connectivity index (χ2n) is 5.58. The lowest BCUT2D eigenvalue weighted by Crippen LogP contribution is -1.83. The predicted molar refractivity (Wildman–Crippen MR) is 94.9 cm³/mol. The Hall–Kier alpha value is -3.20. The van der Waals surface area contributed by atoms with Crippen LogP contribution in [0.4, 0.5) is 4.39 Å². The molecule has 2 aromatic carbocycles. The molecule has 0 saturated carbocycles. The van der Waals surface area contributed by atoms with Gasteiger partial charge >= 0.3 is 0 Å². The summed E-state index contributed by atoms with van der Waals surface area (Å²) < 4.78 is 13.2. The molecule has 4 aromatic rings. The van der Waals surface area contributed by atoms with Gasteiger partial charge in [0.15, 0.2) is 0 Å². The Morgan fingerprint density at radius 3 is 2.12 bits per heavy atom. The quantitative estimate of drug-likeness (QED) is 0.527. The van der Waals surface area contributed by atoms with Gasteiger partial charge in [-0.3, -0.25) is 4.98 Å². The molecule has 0 radical (unpaired) electrons. The summed E-state index contributed by atoms with van der Waals surface area (Å²) in [5.74, 6) is -0.233. The Morgan fingerprint density at radius 2 is 1.42 bits per heavy atom. The first-order valence-corrected chi connectivity index (χ1v) is 7.76. The van der Waals surface area contributed by atoms with Crippen molar-refractivity contribution in [3.8, 4) is 33.6 Å². The summed E-state index contributed by atoms with van der Waals surface area (Å²) in [4.78, 5) is 7.59. The molecular weight excluding hydrogens is 299 g/mol.